The van der Waals surface area contributed by atoms with Gasteiger partial charge in [-0.2, -0.15) is 0 Å². The summed E-state index contributed by atoms with van der Waals surface area (Å²) in [5.74, 6) is -3.59. The number of benzene rings is 1. The third-order valence-corrected chi connectivity index (χ3v) is 6.27. The smallest absolute Gasteiger partial charge is 0.289 e. The van der Waals surface area contributed by atoms with Gasteiger partial charge in [0.2, 0.25) is 23.5 Å². The van der Waals surface area contributed by atoms with Gasteiger partial charge in [0.1, 0.15) is 6.04 Å². The first kappa shape index (κ1) is 30.3. The second-order valence-corrected chi connectivity index (χ2v) is 11.0. The molecule has 2 unspecified atom stereocenters. The first-order valence-corrected chi connectivity index (χ1v) is 12.9. The van der Waals surface area contributed by atoms with E-state index in [-0.39, 0.29) is 30.7 Å². The standard InChI is InChI=1S/C26H34Cl2N4O5/c1-5-29-25(37)22(34)19(12-16-10-11-30-23(16)35)32-24(36)20(14-26(2,3)4)31-21(33)9-7-15-6-8-17(27)13-18(15)28/h6-9,13,16,19-20H,5,10-12,14H2,1-4H3,(H,29,37)(H,30,35)(H,31,33)(H,32,36)/b9-7+/t16?,19?,20-/m0/s1. The van der Waals surface area contributed by atoms with E-state index in [1.807, 2.05) is 20.8 Å². The minimum atomic E-state index is -1.21. The summed E-state index contributed by atoms with van der Waals surface area (Å²) in [5.41, 5.74) is 0.212. The summed E-state index contributed by atoms with van der Waals surface area (Å²) in [5, 5.41) is 11.2. The summed E-state index contributed by atoms with van der Waals surface area (Å²) in [4.78, 5) is 63.2. The van der Waals surface area contributed by atoms with Gasteiger partial charge in [-0.05, 0) is 55.4 Å². The van der Waals surface area contributed by atoms with Gasteiger partial charge in [0.25, 0.3) is 5.91 Å². The monoisotopic (exact) mass is 552 g/mol. The molecule has 1 fully saturated rings. The minimum Gasteiger partial charge on any atom is -0.356 e. The first-order valence-electron chi connectivity index (χ1n) is 12.1. The molecule has 37 heavy (non-hydrogen) atoms. The zero-order chi connectivity index (χ0) is 27.8. The van der Waals surface area contributed by atoms with Crippen molar-refractivity contribution in [1.29, 1.82) is 0 Å². The maximum absolute atomic E-state index is 13.3. The van der Waals surface area contributed by atoms with E-state index in [9.17, 15) is 24.0 Å². The second kappa shape index (κ2) is 13.6. The van der Waals surface area contributed by atoms with Crippen LogP contribution in [0.4, 0.5) is 0 Å². The predicted octanol–water partition coefficient (Wildman–Crippen LogP) is 2.64. The van der Waals surface area contributed by atoms with Crippen LogP contribution in [0.3, 0.4) is 0 Å². The summed E-state index contributed by atoms with van der Waals surface area (Å²) >= 11 is 12.1. The van der Waals surface area contributed by atoms with Crippen molar-refractivity contribution in [2.45, 2.75) is 59.0 Å². The molecule has 0 aromatic heterocycles. The fourth-order valence-electron chi connectivity index (χ4n) is 3.91. The fraction of sp³-hybridized carbons (Fsp3) is 0.500. The third kappa shape index (κ3) is 9.81. The van der Waals surface area contributed by atoms with E-state index in [2.05, 4.69) is 21.3 Å². The van der Waals surface area contributed by atoms with E-state index in [0.717, 1.165) is 0 Å². The lowest BCUT2D eigenvalue weighted by molar-refractivity contribution is -0.141. The van der Waals surface area contributed by atoms with Crippen molar-refractivity contribution in [1.82, 2.24) is 21.3 Å². The molecule has 0 radical (unpaired) electrons. The van der Waals surface area contributed by atoms with Gasteiger partial charge in [0.05, 0.1) is 6.04 Å². The van der Waals surface area contributed by atoms with Crippen LogP contribution >= 0.6 is 23.2 Å². The normalized spacial score (nSPS) is 17.1. The van der Waals surface area contributed by atoms with Crippen LogP contribution in [0.2, 0.25) is 10.0 Å². The Morgan fingerprint density at radius 3 is 2.41 bits per heavy atom. The number of carbonyl (C=O) groups is 5. The van der Waals surface area contributed by atoms with Gasteiger partial charge in [-0.3, -0.25) is 24.0 Å². The predicted molar refractivity (Wildman–Crippen MR) is 143 cm³/mol. The third-order valence-electron chi connectivity index (χ3n) is 5.70. The quantitative estimate of drug-likeness (QED) is 0.247. The molecule has 11 heteroatoms. The van der Waals surface area contributed by atoms with Crippen molar-refractivity contribution in [3.63, 3.8) is 0 Å². The first-order chi connectivity index (χ1) is 17.3. The van der Waals surface area contributed by atoms with Gasteiger partial charge >= 0.3 is 0 Å². The summed E-state index contributed by atoms with van der Waals surface area (Å²) in [6.45, 7) is 8.09. The van der Waals surface area contributed by atoms with E-state index in [1.165, 1.54) is 12.2 Å². The van der Waals surface area contributed by atoms with Crippen LogP contribution in [-0.2, 0) is 24.0 Å². The molecule has 1 aliphatic rings. The lowest BCUT2D eigenvalue weighted by Gasteiger charge is -2.28. The van der Waals surface area contributed by atoms with Gasteiger partial charge < -0.3 is 21.3 Å². The molecular weight excluding hydrogens is 519 g/mol. The molecule has 1 aromatic rings. The Morgan fingerprint density at radius 2 is 1.84 bits per heavy atom. The summed E-state index contributed by atoms with van der Waals surface area (Å²) < 4.78 is 0. The maximum Gasteiger partial charge on any atom is 0.289 e. The summed E-state index contributed by atoms with van der Waals surface area (Å²) in [6.07, 6.45) is 3.48. The molecule has 1 heterocycles. The molecule has 0 saturated carbocycles. The van der Waals surface area contributed by atoms with Gasteiger partial charge in [-0.25, -0.2) is 0 Å². The number of likely N-dealkylation sites (N-methyl/N-ethyl adjacent to an activating group) is 1. The van der Waals surface area contributed by atoms with Crippen LogP contribution in [-0.4, -0.2) is 54.6 Å². The highest BCUT2D eigenvalue weighted by molar-refractivity contribution is 6.38. The zero-order valence-corrected chi connectivity index (χ0v) is 23.0. The molecule has 1 aromatic carbocycles. The molecule has 2 rings (SSSR count). The van der Waals surface area contributed by atoms with Gasteiger partial charge in [-0.1, -0.05) is 50.0 Å². The average molecular weight is 553 g/mol. The zero-order valence-electron chi connectivity index (χ0n) is 21.5. The van der Waals surface area contributed by atoms with Crippen LogP contribution < -0.4 is 21.3 Å². The van der Waals surface area contributed by atoms with Crippen molar-refractivity contribution in [2.24, 2.45) is 11.3 Å². The number of hydrogen-bond acceptors (Lipinski definition) is 5. The van der Waals surface area contributed by atoms with E-state index in [0.29, 0.717) is 28.6 Å². The van der Waals surface area contributed by atoms with E-state index >= 15 is 0 Å². The number of ketones is 1. The largest absolute Gasteiger partial charge is 0.356 e. The van der Waals surface area contributed by atoms with Crippen LogP contribution in [0.5, 0.6) is 0 Å². The number of nitrogens with one attached hydrogen (secondary N) is 4. The van der Waals surface area contributed by atoms with Crippen molar-refractivity contribution >= 4 is 58.7 Å². The Labute approximate surface area is 227 Å². The van der Waals surface area contributed by atoms with Gasteiger partial charge in [0, 0.05) is 35.1 Å². The van der Waals surface area contributed by atoms with E-state index < -0.39 is 41.5 Å². The Hall–Kier alpha value is -2.91. The molecule has 9 nitrogen and oxygen atoms in total. The minimum absolute atomic E-state index is 0.0152. The van der Waals surface area contributed by atoms with Crippen molar-refractivity contribution in [2.75, 3.05) is 13.1 Å². The Bertz CT molecular complexity index is 1070. The van der Waals surface area contributed by atoms with Gasteiger partial charge in [0.15, 0.2) is 0 Å². The molecule has 4 amide bonds. The highest BCUT2D eigenvalue weighted by Gasteiger charge is 2.36. The molecule has 1 saturated heterocycles. The molecular formula is C26H34Cl2N4O5. The topological polar surface area (TPSA) is 133 Å². The average Bonchev–Trinajstić information content (AvgIpc) is 3.20. The van der Waals surface area contributed by atoms with Crippen LogP contribution in [0.1, 0.15) is 52.5 Å². The Morgan fingerprint density at radius 1 is 1.14 bits per heavy atom. The maximum atomic E-state index is 13.3. The SMILES string of the molecule is CCNC(=O)C(=O)C(CC1CCNC1=O)NC(=O)[C@H](CC(C)(C)C)NC(=O)/C=C/c1ccc(Cl)cc1Cl. The van der Waals surface area contributed by atoms with E-state index in [1.54, 1.807) is 25.1 Å². The highest BCUT2D eigenvalue weighted by atomic mass is 35.5. The summed E-state index contributed by atoms with van der Waals surface area (Å²) in [6, 6.07) is 2.63. The van der Waals surface area contributed by atoms with Crippen molar-refractivity contribution < 1.29 is 24.0 Å². The molecule has 0 spiro atoms. The van der Waals surface area contributed by atoms with Crippen LogP contribution in [0.15, 0.2) is 24.3 Å². The van der Waals surface area contributed by atoms with Crippen molar-refractivity contribution in [3.8, 4) is 0 Å². The lowest BCUT2D eigenvalue weighted by atomic mass is 9.87. The highest BCUT2D eigenvalue weighted by Crippen LogP contribution is 2.23. The molecule has 3 atom stereocenters. The van der Waals surface area contributed by atoms with E-state index in [4.69, 9.17) is 23.2 Å². The number of Topliss-reactive ketones (excluding diaryl/α,β-unsaturated/α-hetero) is 1. The number of halogens is 2. The molecule has 4 N–H and O–H groups in total. The van der Waals surface area contributed by atoms with Crippen LogP contribution in [0.25, 0.3) is 6.08 Å². The molecule has 202 valence electrons. The molecule has 0 aliphatic carbocycles. The number of carbonyl (C=O) groups excluding carboxylic acids is 5. The molecule has 0 bridgehead atoms. The number of amides is 4. The Kier molecular flexibility index (Phi) is 11.1. The Balaban J connectivity index is 2.20. The van der Waals surface area contributed by atoms with Gasteiger partial charge in [-0.15, -0.1) is 0 Å². The molecule has 1 aliphatic heterocycles. The van der Waals surface area contributed by atoms with Crippen LogP contribution in [0, 0.1) is 11.3 Å². The lowest BCUT2D eigenvalue weighted by Crippen LogP contribution is -2.55. The second-order valence-electron chi connectivity index (χ2n) is 10.1. The summed E-state index contributed by atoms with van der Waals surface area (Å²) in [7, 11) is 0. The number of rotatable bonds is 11. The number of hydrogen-bond donors (Lipinski definition) is 4. The fourth-order valence-corrected chi connectivity index (χ4v) is 4.38. The van der Waals surface area contributed by atoms with Crippen molar-refractivity contribution in [3.05, 3.63) is 39.9 Å².